The first-order valence-electron chi connectivity index (χ1n) is 10.2. The molecule has 1 atom stereocenters. The van der Waals surface area contributed by atoms with Gasteiger partial charge in [-0.05, 0) is 44.9 Å². The van der Waals surface area contributed by atoms with E-state index in [9.17, 15) is 4.79 Å². The third kappa shape index (κ3) is 3.26. The molecule has 1 amide bonds. The van der Waals surface area contributed by atoms with Crippen LogP contribution in [0.15, 0.2) is 24.3 Å². The summed E-state index contributed by atoms with van der Waals surface area (Å²) in [6.07, 6.45) is 3.31. The molecule has 4 N–H and O–H groups in total. The van der Waals surface area contributed by atoms with Gasteiger partial charge in [0.2, 0.25) is 0 Å². The van der Waals surface area contributed by atoms with E-state index >= 15 is 0 Å². The van der Waals surface area contributed by atoms with E-state index in [-0.39, 0.29) is 11.7 Å². The van der Waals surface area contributed by atoms with Crippen LogP contribution in [0.3, 0.4) is 0 Å². The monoisotopic (exact) mass is 406 g/mol. The zero-order chi connectivity index (χ0) is 21.4. The molecule has 156 valence electrons. The molecule has 1 fully saturated rings. The number of carbonyl (C=O) groups is 1. The van der Waals surface area contributed by atoms with E-state index in [2.05, 4.69) is 21.8 Å². The fourth-order valence-corrected chi connectivity index (χ4v) is 4.08. The van der Waals surface area contributed by atoms with Gasteiger partial charge in [0.15, 0.2) is 5.84 Å². The summed E-state index contributed by atoms with van der Waals surface area (Å²) in [5, 5.41) is 15.7. The molecule has 9 nitrogen and oxygen atoms in total. The zero-order valence-electron chi connectivity index (χ0n) is 17.2. The molecule has 0 unspecified atom stereocenters. The van der Waals surface area contributed by atoms with Crippen LogP contribution in [0.4, 0.5) is 17.5 Å². The Morgan fingerprint density at radius 1 is 1.37 bits per heavy atom. The van der Waals surface area contributed by atoms with Crippen LogP contribution in [0, 0.1) is 10.8 Å². The molecule has 9 heteroatoms. The third-order valence-electron chi connectivity index (χ3n) is 5.82. The van der Waals surface area contributed by atoms with E-state index in [0.29, 0.717) is 47.6 Å². The lowest BCUT2D eigenvalue weighted by Crippen LogP contribution is -2.31. The smallest absolute Gasteiger partial charge is 0.260 e. The lowest BCUT2D eigenvalue weighted by Gasteiger charge is -2.23. The standard InChI is InChI=1S/C21H26N8O/c1-3-27(12-22)20(24)16-7-4-8-17(25-16)29-11-15-14(21(29)30)10-18(26-19(15)23)28-9-5-6-13(28)2/h4,7-8,10,12-13,22,24H,3,5-6,9,11H2,1-2H3,(H2,23,26)/t13-/m1/s1. The lowest BCUT2D eigenvalue weighted by atomic mass is 10.1. The van der Waals surface area contributed by atoms with Crippen molar-refractivity contribution < 1.29 is 4.79 Å². The van der Waals surface area contributed by atoms with Gasteiger partial charge in [0.25, 0.3) is 5.91 Å². The number of fused-ring (bicyclic) bond motifs is 1. The van der Waals surface area contributed by atoms with E-state index < -0.39 is 0 Å². The molecular formula is C21H26N8O. The van der Waals surface area contributed by atoms with Crippen molar-refractivity contribution in [2.24, 2.45) is 0 Å². The molecule has 4 rings (SSSR count). The first kappa shape index (κ1) is 19.8. The molecule has 1 saturated heterocycles. The van der Waals surface area contributed by atoms with E-state index in [1.165, 1.54) is 4.90 Å². The van der Waals surface area contributed by atoms with Crippen molar-refractivity contribution in [3.8, 4) is 0 Å². The molecule has 0 saturated carbocycles. The minimum absolute atomic E-state index is 0.116. The average molecular weight is 406 g/mol. The molecule has 0 radical (unpaired) electrons. The summed E-state index contributed by atoms with van der Waals surface area (Å²) < 4.78 is 0. The van der Waals surface area contributed by atoms with Gasteiger partial charge in [-0.1, -0.05) is 6.07 Å². The molecule has 2 aromatic heterocycles. The quantitative estimate of drug-likeness (QED) is 0.517. The fraction of sp³-hybridized carbons (Fsp3) is 0.381. The number of amides is 1. The number of nitrogens with one attached hydrogen (secondary N) is 2. The maximum absolute atomic E-state index is 13.2. The molecule has 2 aliphatic heterocycles. The Hall–Kier alpha value is -3.49. The fourth-order valence-electron chi connectivity index (χ4n) is 4.08. The highest BCUT2D eigenvalue weighted by molar-refractivity contribution is 6.11. The summed E-state index contributed by atoms with van der Waals surface area (Å²) in [4.78, 5) is 27.5. The number of nitrogens with two attached hydrogens (primary N) is 1. The molecule has 2 aromatic rings. The van der Waals surface area contributed by atoms with Crippen molar-refractivity contribution in [2.45, 2.75) is 39.3 Å². The summed E-state index contributed by atoms with van der Waals surface area (Å²) in [7, 11) is 0. The first-order valence-corrected chi connectivity index (χ1v) is 10.2. The van der Waals surface area contributed by atoms with Crippen LogP contribution >= 0.6 is 0 Å². The number of nitrogens with zero attached hydrogens (tertiary/aromatic N) is 5. The maximum Gasteiger partial charge on any atom is 0.260 e. The Balaban J connectivity index is 1.65. The van der Waals surface area contributed by atoms with Gasteiger partial charge in [-0.15, -0.1) is 0 Å². The number of carbonyl (C=O) groups excluding carboxylic acids is 1. The number of anilines is 3. The summed E-state index contributed by atoms with van der Waals surface area (Å²) in [6.45, 7) is 5.72. The van der Waals surface area contributed by atoms with Crippen LogP contribution in [-0.4, -0.2) is 52.1 Å². The highest BCUT2D eigenvalue weighted by Crippen LogP contribution is 2.34. The number of hydrogen-bond donors (Lipinski definition) is 3. The zero-order valence-corrected chi connectivity index (χ0v) is 17.2. The SMILES string of the molecule is CCN(C=N)C(=N)c1cccc(N2Cc3c(cc(N4CCC[C@H]4C)nc3N)C2=O)n1. The number of aromatic nitrogens is 2. The number of hydrogen-bond acceptors (Lipinski definition) is 7. The molecule has 30 heavy (non-hydrogen) atoms. The Morgan fingerprint density at radius 3 is 2.83 bits per heavy atom. The molecule has 0 aromatic carbocycles. The second-order valence-electron chi connectivity index (χ2n) is 7.61. The third-order valence-corrected chi connectivity index (χ3v) is 5.82. The number of nitrogen functional groups attached to an aromatic ring is 1. The molecular weight excluding hydrogens is 380 g/mol. The van der Waals surface area contributed by atoms with Crippen molar-refractivity contribution >= 4 is 35.5 Å². The summed E-state index contributed by atoms with van der Waals surface area (Å²) in [5.74, 6) is 1.53. The predicted octanol–water partition coefficient (Wildman–Crippen LogP) is 2.46. The Kier molecular flexibility index (Phi) is 5.11. The van der Waals surface area contributed by atoms with Crippen LogP contribution in [0.25, 0.3) is 0 Å². The van der Waals surface area contributed by atoms with Crippen LogP contribution in [-0.2, 0) is 6.54 Å². The van der Waals surface area contributed by atoms with Crippen LogP contribution in [0.2, 0.25) is 0 Å². The Labute approximate surface area is 175 Å². The number of amidine groups is 1. The topological polar surface area (TPSA) is 126 Å². The van der Waals surface area contributed by atoms with Gasteiger partial charge in [0, 0.05) is 24.7 Å². The van der Waals surface area contributed by atoms with Crippen molar-refractivity contribution in [1.82, 2.24) is 14.9 Å². The normalized spacial score (nSPS) is 17.9. The lowest BCUT2D eigenvalue weighted by molar-refractivity contribution is 0.0996. The van der Waals surface area contributed by atoms with Gasteiger partial charge < -0.3 is 15.5 Å². The molecule has 0 aliphatic carbocycles. The first-order chi connectivity index (χ1) is 14.4. The maximum atomic E-state index is 13.2. The van der Waals surface area contributed by atoms with Crippen molar-refractivity contribution in [3.63, 3.8) is 0 Å². The highest BCUT2D eigenvalue weighted by Gasteiger charge is 2.34. The molecule has 4 heterocycles. The molecule has 0 bridgehead atoms. The second-order valence-corrected chi connectivity index (χ2v) is 7.61. The second kappa shape index (κ2) is 7.74. The average Bonchev–Trinajstić information content (AvgIpc) is 3.32. The van der Waals surface area contributed by atoms with Crippen LogP contribution < -0.4 is 15.5 Å². The van der Waals surface area contributed by atoms with E-state index in [0.717, 1.165) is 31.5 Å². The van der Waals surface area contributed by atoms with Crippen molar-refractivity contribution in [1.29, 1.82) is 10.8 Å². The van der Waals surface area contributed by atoms with E-state index in [1.54, 1.807) is 23.1 Å². The summed E-state index contributed by atoms with van der Waals surface area (Å²) in [5.41, 5.74) is 7.92. The molecule has 2 aliphatic rings. The van der Waals surface area contributed by atoms with Gasteiger partial charge >= 0.3 is 0 Å². The van der Waals surface area contributed by atoms with E-state index in [4.69, 9.17) is 16.6 Å². The Bertz CT molecular complexity index is 1020. The van der Waals surface area contributed by atoms with Gasteiger partial charge in [-0.25, -0.2) is 9.97 Å². The van der Waals surface area contributed by atoms with Crippen LogP contribution in [0.5, 0.6) is 0 Å². The Morgan fingerprint density at radius 2 is 2.17 bits per heavy atom. The van der Waals surface area contributed by atoms with Crippen molar-refractivity contribution in [3.05, 3.63) is 41.1 Å². The summed E-state index contributed by atoms with van der Waals surface area (Å²) in [6, 6.07) is 7.43. The molecule has 0 spiro atoms. The highest BCUT2D eigenvalue weighted by atomic mass is 16.2. The number of rotatable bonds is 5. The predicted molar refractivity (Wildman–Crippen MR) is 117 cm³/mol. The minimum Gasteiger partial charge on any atom is -0.383 e. The van der Waals surface area contributed by atoms with E-state index in [1.807, 2.05) is 13.0 Å². The largest absolute Gasteiger partial charge is 0.383 e. The van der Waals surface area contributed by atoms with Gasteiger partial charge in [0.05, 0.1) is 18.4 Å². The van der Waals surface area contributed by atoms with Crippen molar-refractivity contribution in [2.75, 3.05) is 28.6 Å². The number of pyridine rings is 2. The van der Waals surface area contributed by atoms with Crippen LogP contribution in [0.1, 0.15) is 48.3 Å². The van der Waals surface area contributed by atoms with Gasteiger partial charge in [0.1, 0.15) is 23.1 Å². The van der Waals surface area contributed by atoms with Gasteiger partial charge in [-0.3, -0.25) is 20.5 Å². The van der Waals surface area contributed by atoms with Gasteiger partial charge in [-0.2, -0.15) is 0 Å². The minimum atomic E-state index is -0.164. The summed E-state index contributed by atoms with van der Waals surface area (Å²) >= 11 is 0.